The van der Waals surface area contributed by atoms with E-state index in [2.05, 4.69) is 15.0 Å². The normalized spacial score (nSPS) is 18.1. The first-order valence-corrected chi connectivity index (χ1v) is 11.1. The molecule has 0 radical (unpaired) electrons. The van der Waals surface area contributed by atoms with Crippen LogP contribution in [-0.4, -0.2) is 49.4 Å². The first-order chi connectivity index (χ1) is 13.1. The zero-order valence-electron chi connectivity index (χ0n) is 15.6. The number of hydrogen-bond donors (Lipinski definition) is 2. The SMILES string of the molecule is Cc1cc(N2CCCOC[C@@H]2c2[nH]c(=O)c(CS(C)(=O)=O)cc2Cl)nc(N)n1. The number of ether oxygens (including phenoxy) is 1. The number of H-pyrrole nitrogens is 1. The van der Waals surface area contributed by atoms with Gasteiger partial charge in [-0.15, -0.1) is 0 Å². The molecular weight excluding hydrogens is 406 g/mol. The average Bonchev–Trinajstić information content (AvgIpc) is 2.81. The summed E-state index contributed by atoms with van der Waals surface area (Å²) in [6, 6.07) is 2.79. The summed E-state index contributed by atoms with van der Waals surface area (Å²) in [6.45, 7) is 3.27. The lowest BCUT2D eigenvalue weighted by atomic mass is 10.1. The lowest BCUT2D eigenvalue weighted by Gasteiger charge is -2.31. The van der Waals surface area contributed by atoms with Gasteiger partial charge < -0.3 is 20.4 Å². The summed E-state index contributed by atoms with van der Waals surface area (Å²) < 4.78 is 28.8. The predicted octanol–water partition coefficient (Wildman–Crippen LogP) is 1.22. The third-order valence-corrected chi connectivity index (χ3v) is 5.49. The Hall–Kier alpha value is -2.17. The Balaban J connectivity index is 2.05. The van der Waals surface area contributed by atoms with Crippen LogP contribution in [0.3, 0.4) is 0 Å². The van der Waals surface area contributed by atoms with Crippen molar-refractivity contribution in [1.82, 2.24) is 15.0 Å². The van der Waals surface area contributed by atoms with Gasteiger partial charge in [0.25, 0.3) is 5.56 Å². The highest BCUT2D eigenvalue weighted by Gasteiger charge is 2.28. The molecule has 0 amide bonds. The monoisotopic (exact) mass is 427 g/mol. The largest absolute Gasteiger partial charge is 0.379 e. The van der Waals surface area contributed by atoms with Crippen LogP contribution in [0.25, 0.3) is 0 Å². The van der Waals surface area contributed by atoms with Crippen molar-refractivity contribution in [2.75, 3.05) is 36.6 Å². The highest BCUT2D eigenvalue weighted by Crippen LogP contribution is 2.31. The highest BCUT2D eigenvalue weighted by molar-refractivity contribution is 7.89. The summed E-state index contributed by atoms with van der Waals surface area (Å²) >= 11 is 6.43. The summed E-state index contributed by atoms with van der Waals surface area (Å²) in [5.74, 6) is 0.383. The molecule has 1 aliphatic heterocycles. The zero-order valence-corrected chi connectivity index (χ0v) is 17.2. The van der Waals surface area contributed by atoms with Crippen LogP contribution in [0.5, 0.6) is 0 Å². The van der Waals surface area contributed by atoms with Gasteiger partial charge in [0, 0.05) is 36.7 Å². The Morgan fingerprint density at radius 2 is 2.14 bits per heavy atom. The van der Waals surface area contributed by atoms with Gasteiger partial charge >= 0.3 is 0 Å². The van der Waals surface area contributed by atoms with Gasteiger partial charge in [-0.05, 0) is 19.4 Å². The minimum absolute atomic E-state index is 0.0967. The molecule has 1 fully saturated rings. The Bertz CT molecular complexity index is 1020. The van der Waals surface area contributed by atoms with E-state index in [1.54, 1.807) is 6.07 Å². The number of sulfone groups is 1. The predicted molar refractivity (Wildman–Crippen MR) is 107 cm³/mol. The third-order valence-electron chi connectivity index (χ3n) is 4.34. The molecule has 1 atom stereocenters. The van der Waals surface area contributed by atoms with Crippen LogP contribution >= 0.6 is 11.6 Å². The molecule has 1 aliphatic rings. The average molecular weight is 428 g/mol. The first-order valence-electron chi connectivity index (χ1n) is 8.69. The number of nitrogens with one attached hydrogen (secondary N) is 1. The number of hydrogen-bond acceptors (Lipinski definition) is 8. The highest BCUT2D eigenvalue weighted by atomic mass is 35.5. The quantitative estimate of drug-likeness (QED) is 0.744. The molecule has 3 N–H and O–H groups in total. The summed E-state index contributed by atoms with van der Waals surface area (Å²) in [6.07, 6.45) is 1.82. The molecule has 9 nitrogen and oxygen atoms in total. The lowest BCUT2D eigenvalue weighted by Crippen LogP contribution is -2.34. The molecule has 2 aromatic rings. The molecule has 28 heavy (non-hydrogen) atoms. The van der Waals surface area contributed by atoms with Crippen LogP contribution in [0.4, 0.5) is 11.8 Å². The second-order valence-electron chi connectivity index (χ2n) is 6.82. The fraction of sp³-hybridized carbons (Fsp3) is 0.471. The Morgan fingerprint density at radius 1 is 1.39 bits per heavy atom. The van der Waals surface area contributed by atoms with Crippen molar-refractivity contribution < 1.29 is 13.2 Å². The molecule has 152 valence electrons. The molecular formula is C17H22ClN5O4S. The number of nitrogens with two attached hydrogens (primary N) is 1. The van der Waals surface area contributed by atoms with Gasteiger partial charge in [-0.2, -0.15) is 4.98 Å². The van der Waals surface area contributed by atoms with Crippen LogP contribution in [-0.2, 0) is 20.3 Å². The van der Waals surface area contributed by atoms with Crippen molar-refractivity contribution >= 4 is 33.2 Å². The standard InChI is InChI=1S/C17H22ClN5O4S/c1-10-6-14(21-17(19)20-10)23-4-3-5-27-8-13(23)15-12(18)7-11(16(24)22-15)9-28(2,25)26/h6-7,13H,3-5,8-9H2,1-2H3,(H,22,24)(H2,19,20,21)/t13-/m1/s1. The molecule has 0 aliphatic carbocycles. The Morgan fingerprint density at radius 3 is 2.82 bits per heavy atom. The van der Waals surface area contributed by atoms with E-state index in [9.17, 15) is 13.2 Å². The number of halogens is 1. The topological polar surface area (TPSA) is 131 Å². The smallest absolute Gasteiger partial charge is 0.252 e. The Kier molecular flexibility index (Phi) is 5.92. The summed E-state index contributed by atoms with van der Waals surface area (Å²) in [5, 5.41) is 0.262. The van der Waals surface area contributed by atoms with Crippen molar-refractivity contribution in [3.05, 3.63) is 44.5 Å². The molecule has 2 aromatic heterocycles. The van der Waals surface area contributed by atoms with E-state index < -0.39 is 21.4 Å². The van der Waals surface area contributed by atoms with E-state index in [0.29, 0.717) is 24.7 Å². The number of rotatable bonds is 4. The number of anilines is 2. The molecule has 0 unspecified atom stereocenters. The number of aromatic nitrogens is 3. The number of aromatic amines is 1. The van der Waals surface area contributed by atoms with E-state index >= 15 is 0 Å². The van der Waals surface area contributed by atoms with E-state index in [-0.39, 0.29) is 28.9 Å². The number of nitrogens with zero attached hydrogens (tertiary/aromatic N) is 3. The molecule has 3 rings (SSSR count). The zero-order chi connectivity index (χ0) is 20.5. The molecule has 0 saturated carbocycles. The van der Waals surface area contributed by atoms with Gasteiger partial charge in [-0.1, -0.05) is 11.6 Å². The molecule has 0 aromatic carbocycles. The van der Waals surface area contributed by atoms with Crippen molar-refractivity contribution in [2.45, 2.75) is 25.1 Å². The second-order valence-corrected chi connectivity index (χ2v) is 9.37. The maximum absolute atomic E-state index is 12.5. The molecule has 3 heterocycles. The fourth-order valence-corrected chi connectivity index (χ4v) is 4.29. The van der Waals surface area contributed by atoms with Gasteiger partial charge in [0.05, 0.1) is 29.1 Å². The molecule has 1 saturated heterocycles. The van der Waals surface area contributed by atoms with E-state index in [4.69, 9.17) is 22.1 Å². The number of aryl methyl sites for hydroxylation is 1. The summed E-state index contributed by atoms with van der Waals surface area (Å²) in [4.78, 5) is 25.6. The minimum atomic E-state index is -3.37. The van der Waals surface area contributed by atoms with E-state index in [0.717, 1.165) is 18.4 Å². The molecule has 11 heteroatoms. The summed E-state index contributed by atoms with van der Waals surface area (Å²) in [5.41, 5.74) is 6.57. The van der Waals surface area contributed by atoms with Crippen LogP contribution in [0.2, 0.25) is 5.02 Å². The Labute approximate surface area is 167 Å². The number of pyridine rings is 1. The van der Waals surface area contributed by atoms with Crippen molar-refractivity contribution in [1.29, 1.82) is 0 Å². The second kappa shape index (κ2) is 8.06. The van der Waals surface area contributed by atoms with Crippen LogP contribution in [0.15, 0.2) is 16.9 Å². The third kappa shape index (κ3) is 4.81. The maximum Gasteiger partial charge on any atom is 0.252 e. The van der Waals surface area contributed by atoms with Crippen LogP contribution in [0, 0.1) is 6.92 Å². The maximum atomic E-state index is 12.5. The summed E-state index contributed by atoms with van der Waals surface area (Å²) in [7, 11) is -3.37. The molecule has 0 spiro atoms. The van der Waals surface area contributed by atoms with Gasteiger partial charge in [0.15, 0.2) is 9.84 Å². The van der Waals surface area contributed by atoms with Gasteiger partial charge in [-0.25, -0.2) is 13.4 Å². The number of nitrogen functional groups attached to an aromatic ring is 1. The van der Waals surface area contributed by atoms with Crippen molar-refractivity contribution in [2.24, 2.45) is 0 Å². The van der Waals surface area contributed by atoms with Crippen LogP contribution < -0.4 is 16.2 Å². The molecule has 0 bridgehead atoms. The van der Waals surface area contributed by atoms with Gasteiger partial charge in [0.2, 0.25) is 5.95 Å². The first kappa shape index (κ1) is 20.6. The van der Waals surface area contributed by atoms with E-state index in [1.807, 2.05) is 11.8 Å². The minimum Gasteiger partial charge on any atom is -0.379 e. The van der Waals surface area contributed by atoms with E-state index in [1.165, 1.54) is 6.07 Å². The van der Waals surface area contributed by atoms with Crippen LogP contribution in [0.1, 0.15) is 29.4 Å². The fourth-order valence-electron chi connectivity index (χ4n) is 3.20. The van der Waals surface area contributed by atoms with Gasteiger partial charge in [0.1, 0.15) is 5.82 Å². The van der Waals surface area contributed by atoms with Gasteiger partial charge in [-0.3, -0.25) is 4.79 Å². The van der Waals surface area contributed by atoms with Crippen molar-refractivity contribution in [3.63, 3.8) is 0 Å². The van der Waals surface area contributed by atoms with Crippen molar-refractivity contribution in [3.8, 4) is 0 Å². The lowest BCUT2D eigenvalue weighted by molar-refractivity contribution is 0.133.